The number of carbonyl (C=O) groups excluding carboxylic acids is 1. The Kier molecular flexibility index (Phi) is 3.24. The minimum atomic E-state index is -0.111. The topological polar surface area (TPSA) is 41.1 Å². The second-order valence-corrected chi connectivity index (χ2v) is 5.95. The van der Waals surface area contributed by atoms with Crippen molar-refractivity contribution in [3.8, 4) is 0 Å². The van der Waals surface area contributed by atoms with Gasteiger partial charge in [0, 0.05) is 13.1 Å². The quantitative estimate of drug-likeness (QED) is 0.746. The van der Waals surface area contributed by atoms with Crippen LogP contribution in [-0.4, -0.2) is 25.5 Å². The van der Waals surface area contributed by atoms with Crippen molar-refractivity contribution >= 4 is 5.91 Å². The molecule has 3 nitrogen and oxygen atoms in total. The van der Waals surface area contributed by atoms with Crippen molar-refractivity contribution < 1.29 is 4.79 Å². The van der Waals surface area contributed by atoms with Crippen LogP contribution in [0.5, 0.6) is 0 Å². The minimum Gasteiger partial charge on any atom is -0.355 e. The number of amides is 1. The third-order valence-electron chi connectivity index (χ3n) is 4.23. The molecule has 1 amide bonds. The molecule has 0 radical (unpaired) electrons. The lowest BCUT2D eigenvalue weighted by Crippen LogP contribution is -2.44. The van der Waals surface area contributed by atoms with Crippen LogP contribution in [0.4, 0.5) is 0 Å². The van der Waals surface area contributed by atoms with Crippen molar-refractivity contribution in [3.05, 3.63) is 0 Å². The summed E-state index contributed by atoms with van der Waals surface area (Å²) in [7, 11) is 0. The predicted molar refractivity (Wildman–Crippen MR) is 65.2 cm³/mol. The van der Waals surface area contributed by atoms with Gasteiger partial charge >= 0.3 is 0 Å². The maximum atomic E-state index is 12.3. The first-order valence-corrected chi connectivity index (χ1v) is 6.59. The normalized spacial score (nSPS) is 31.4. The highest BCUT2D eigenvalue weighted by molar-refractivity contribution is 5.83. The van der Waals surface area contributed by atoms with Gasteiger partial charge in [-0.3, -0.25) is 4.79 Å². The first kappa shape index (κ1) is 11.9. The molecule has 1 aliphatic heterocycles. The number of hydrogen-bond donors (Lipinski definition) is 2. The second kappa shape index (κ2) is 4.36. The molecule has 0 aromatic rings. The van der Waals surface area contributed by atoms with E-state index in [1.165, 1.54) is 12.8 Å². The third kappa shape index (κ3) is 2.40. The van der Waals surface area contributed by atoms with Crippen LogP contribution < -0.4 is 10.6 Å². The molecule has 0 bridgehead atoms. The Bertz CT molecular complexity index is 265. The summed E-state index contributed by atoms with van der Waals surface area (Å²) < 4.78 is 0. The van der Waals surface area contributed by atoms with Gasteiger partial charge in [-0.1, -0.05) is 20.3 Å². The van der Waals surface area contributed by atoms with E-state index in [0.29, 0.717) is 5.41 Å². The van der Waals surface area contributed by atoms with E-state index in [4.69, 9.17) is 0 Å². The van der Waals surface area contributed by atoms with Crippen LogP contribution in [0.2, 0.25) is 0 Å². The van der Waals surface area contributed by atoms with E-state index < -0.39 is 0 Å². The van der Waals surface area contributed by atoms with Gasteiger partial charge in [0.05, 0.1) is 5.41 Å². The number of hydrogen-bond acceptors (Lipinski definition) is 2. The molecule has 1 saturated carbocycles. The highest BCUT2D eigenvalue weighted by Gasteiger charge is 2.42. The van der Waals surface area contributed by atoms with E-state index in [0.717, 1.165) is 38.9 Å². The van der Waals surface area contributed by atoms with Crippen LogP contribution in [0.15, 0.2) is 0 Å². The molecule has 1 heterocycles. The summed E-state index contributed by atoms with van der Waals surface area (Å²) in [5.41, 5.74) is 0.301. The molecule has 16 heavy (non-hydrogen) atoms. The van der Waals surface area contributed by atoms with E-state index in [2.05, 4.69) is 24.5 Å². The van der Waals surface area contributed by atoms with Gasteiger partial charge in [-0.05, 0) is 37.6 Å². The lowest BCUT2D eigenvalue weighted by molar-refractivity contribution is -0.130. The molecular formula is C13H24N2O. The molecule has 92 valence electrons. The number of rotatable bonds is 5. The van der Waals surface area contributed by atoms with Gasteiger partial charge in [-0.25, -0.2) is 0 Å². The van der Waals surface area contributed by atoms with Gasteiger partial charge in [-0.2, -0.15) is 0 Å². The van der Waals surface area contributed by atoms with E-state index in [1.54, 1.807) is 0 Å². The summed E-state index contributed by atoms with van der Waals surface area (Å²) in [5.74, 6) is 0.285. The van der Waals surface area contributed by atoms with E-state index >= 15 is 0 Å². The zero-order valence-electron chi connectivity index (χ0n) is 10.6. The largest absolute Gasteiger partial charge is 0.355 e. The maximum absolute atomic E-state index is 12.3. The van der Waals surface area contributed by atoms with Gasteiger partial charge in [0.25, 0.3) is 0 Å². The first-order chi connectivity index (χ1) is 7.60. The summed E-state index contributed by atoms with van der Waals surface area (Å²) in [6.45, 7) is 7.15. The minimum absolute atomic E-state index is 0.111. The van der Waals surface area contributed by atoms with Crippen molar-refractivity contribution in [2.45, 2.75) is 46.0 Å². The lowest BCUT2D eigenvalue weighted by Gasteiger charge is -2.27. The van der Waals surface area contributed by atoms with Gasteiger partial charge in [0.1, 0.15) is 0 Å². The van der Waals surface area contributed by atoms with Gasteiger partial charge < -0.3 is 10.6 Å². The van der Waals surface area contributed by atoms with Crippen LogP contribution in [0.25, 0.3) is 0 Å². The molecule has 1 aliphatic carbocycles. The molecule has 1 saturated heterocycles. The standard InChI is InChI=1S/C13H24N2O/c1-3-4-13(7-8-14-10-13)11(16)15-9-12(2)5-6-12/h14H,3-10H2,1-2H3,(H,15,16). The maximum Gasteiger partial charge on any atom is 0.227 e. The highest BCUT2D eigenvalue weighted by Crippen LogP contribution is 2.44. The summed E-state index contributed by atoms with van der Waals surface area (Å²) >= 11 is 0. The molecule has 2 aliphatic rings. The van der Waals surface area contributed by atoms with Crippen LogP contribution in [0, 0.1) is 10.8 Å². The smallest absolute Gasteiger partial charge is 0.227 e. The Hall–Kier alpha value is -0.570. The Morgan fingerprint density at radius 3 is 2.62 bits per heavy atom. The molecule has 3 heteroatoms. The van der Waals surface area contributed by atoms with E-state index in [1.807, 2.05) is 0 Å². The van der Waals surface area contributed by atoms with Crippen molar-refractivity contribution in [1.82, 2.24) is 10.6 Å². The van der Waals surface area contributed by atoms with Crippen molar-refractivity contribution in [3.63, 3.8) is 0 Å². The Morgan fingerprint density at radius 1 is 1.38 bits per heavy atom. The van der Waals surface area contributed by atoms with Gasteiger partial charge in [0.15, 0.2) is 0 Å². The molecule has 0 aromatic carbocycles. The SMILES string of the molecule is CCCC1(C(=O)NCC2(C)CC2)CCNC1. The Morgan fingerprint density at radius 2 is 2.12 bits per heavy atom. The van der Waals surface area contributed by atoms with Crippen molar-refractivity contribution in [2.24, 2.45) is 10.8 Å². The average Bonchev–Trinajstić information content (AvgIpc) is 2.80. The van der Waals surface area contributed by atoms with E-state index in [-0.39, 0.29) is 11.3 Å². The van der Waals surface area contributed by atoms with Crippen LogP contribution in [0.3, 0.4) is 0 Å². The fraction of sp³-hybridized carbons (Fsp3) is 0.923. The molecule has 2 rings (SSSR count). The molecule has 2 N–H and O–H groups in total. The van der Waals surface area contributed by atoms with Crippen molar-refractivity contribution in [2.75, 3.05) is 19.6 Å². The predicted octanol–water partition coefficient (Wildman–Crippen LogP) is 1.68. The molecule has 1 unspecified atom stereocenters. The Balaban J connectivity index is 1.89. The number of carbonyl (C=O) groups is 1. The van der Waals surface area contributed by atoms with Crippen LogP contribution in [-0.2, 0) is 4.79 Å². The molecule has 0 spiro atoms. The third-order valence-corrected chi connectivity index (χ3v) is 4.23. The average molecular weight is 224 g/mol. The molecular weight excluding hydrogens is 200 g/mol. The van der Waals surface area contributed by atoms with Gasteiger partial charge in [0.2, 0.25) is 5.91 Å². The summed E-state index contributed by atoms with van der Waals surface area (Å²) in [6, 6.07) is 0. The second-order valence-electron chi connectivity index (χ2n) is 5.95. The number of nitrogens with one attached hydrogen (secondary N) is 2. The fourth-order valence-corrected chi connectivity index (χ4v) is 2.61. The monoisotopic (exact) mass is 224 g/mol. The van der Waals surface area contributed by atoms with Crippen LogP contribution >= 0.6 is 0 Å². The van der Waals surface area contributed by atoms with E-state index in [9.17, 15) is 4.79 Å². The molecule has 1 atom stereocenters. The summed E-state index contributed by atoms with van der Waals surface area (Å²) in [5, 5.41) is 6.50. The summed E-state index contributed by atoms with van der Waals surface area (Å²) in [4.78, 5) is 12.3. The lowest BCUT2D eigenvalue weighted by atomic mass is 9.81. The molecule has 0 aromatic heterocycles. The zero-order chi connectivity index (χ0) is 11.6. The fourth-order valence-electron chi connectivity index (χ4n) is 2.61. The van der Waals surface area contributed by atoms with Crippen molar-refractivity contribution in [1.29, 1.82) is 0 Å². The molecule has 2 fully saturated rings. The zero-order valence-corrected chi connectivity index (χ0v) is 10.6. The first-order valence-electron chi connectivity index (χ1n) is 6.59. The van der Waals surface area contributed by atoms with Gasteiger partial charge in [-0.15, -0.1) is 0 Å². The highest BCUT2D eigenvalue weighted by atomic mass is 16.2. The Labute approximate surface area is 98.4 Å². The van der Waals surface area contributed by atoms with Crippen LogP contribution in [0.1, 0.15) is 46.0 Å². The summed E-state index contributed by atoms with van der Waals surface area (Å²) in [6.07, 6.45) is 5.65.